The van der Waals surface area contributed by atoms with Crippen LogP contribution in [0.5, 0.6) is 11.5 Å². The third kappa shape index (κ3) is 4.42. The highest BCUT2D eigenvalue weighted by Crippen LogP contribution is 2.41. The first kappa shape index (κ1) is 20.6. The standard InChI is InChI=1S/C23H26FNO5/c1-15-2-4-19(22(27)28)21(10-15)29-14-18(26)13-25-8-6-23(7-9-25)12-16-11-17(24)3-5-20(16)30-23/h2-5,10-11,18,26H,6-9,12-14H2,1H3,(H,27,28)/t18-/m0/s1. The molecule has 1 spiro atoms. The van der Waals surface area contributed by atoms with Gasteiger partial charge in [0.15, 0.2) is 0 Å². The number of aliphatic hydroxyl groups excluding tert-OH is 1. The molecule has 0 saturated carbocycles. The number of benzene rings is 2. The number of carboxylic acid groups (broad SMARTS) is 1. The molecule has 2 N–H and O–H groups in total. The number of aryl methyl sites for hydroxylation is 1. The number of piperidine rings is 1. The molecule has 2 aromatic rings. The molecule has 0 amide bonds. The largest absolute Gasteiger partial charge is 0.490 e. The summed E-state index contributed by atoms with van der Waals surface area (Å²) in [5, 5.41) is 19.7. The number of nitrogens with zero attached hydrogens (tertiary/aromatic N) is 1. The third-order valence-electron chi connectivity index (χ3n) is 5.90. The molecule has 2 aromatic carbocycles. The first-order chi connectivity index (χ1) is 14.3. The van der Waals surface area contributed by atoms with Crippen LogP contribution in [0.4, 0.5) is 4.39 Å². The van der Waals surface area contributed by atoms with Crippen LogP contribution in [0.2, 0.25) is 0 Å². The molecule has 30 heavy (non-hydrogen) atoms. The molecule has 1 atom stereocenters. The summed E-state index contributed by atoms with van der Waals surface area (Å²) in [5.41, 5.74) is 1.61. The van der Waals surface area contributed by atoms with Gasteiger partial charge in [0.05, 0.1) is 0 Å². The van der Waals surface area contributed by atoms with Crippen LogP contribution < -0.4 is 9.47 Å². The number of hydrogen-bond donors (Lipinski definition) is 2. The Balaban J connectivity index is 1.28. The molecule has 0 bridgehead atoms. The van der Waals surface area contributed by atoms with E-state index in [1.54, 1.807) is 24.3 Å². The highest BCUT2D eigenvalue weighted by molar-refractivity contribution is 5.90. The summed E-state index contributed by atoms with van der Waals surface area (Å²) in [7, 11) is 0. The normalized spacial score (nSPS) is 18.6. The monoisotopic (exact) mass is 415 g/mol. The smallest absolute Gasteiger partial charge is 0.339 e. The van der Waals surface area contributed by atoms with Gasteiger partial charge in [0, 0.05) is 44.5 Å². The van der Waals surface area contributed by atoms with Crippen molar-refractivity contribution in [2.75, 3.05) is 26.2 Å². The van der Waals surface area contributed by atoms with Crippen molar-refractivity contribution in [3.8, 4) is 11.5 Å². The van der Waals surface area contributed by atoms with Crippen LogP contribution >= 0.6 is 0 Å². The molecule has 4 rings (SSSR count). The van der Waals surface area contributed by atoms with Crippen molar-refractivity contribution in [2.24, 2.45) is 0 Å². The lowest BCUT2D eigenvalue weighted by Crippen LogP contribution is -2.49. The highest BCUT2D eigenvalue weighted by Gasteiger charge is 2.42. The Kier molecular flexibility index (Phi) is 5.66. The van der Waals surface area contributed by atoms with Gasteiger partial charge in [0.25, 0.3) is 0 Å². The maximum absolute atomic E-state index is 13.5. The van der Waals surface area contributed by atoms with Crippen molar-refractivity contribution in [1.82, 2.24) is 4.90 Å². The van der Waals surface area contributed by atoms with Crippen molar-refractivity contribution < 1.29 is 28.9 Å². The lowest BCUT2D eigenvalue weighted by Gasteiger charge is -2.39. The van der Waals surface area contributed by atoms with Crippen LogP contribution in [-0.2, 0) is 6.42 Å². The van der Waals surface area contributed by atoms with Gasteiger partial charge in [-0.2, -0.15) is 0 Å². The number of likely N-dealkylation sites (tertiary alicyclic amines) is 1. The van der Waals surface area contributed by atoms with E-state index in [9.17, 15) is 19.4 Å². The van der Waals surface area contributed by atoms with Gasteiger partial charge in [-0.25, -0.2) is 9.18 Å². The molecule has 1 fully saturated rings. The fourth-order valence-electron chi connectivity index (χ4n) is 4.29. The summed E-state index contributed by atoms with van der Waals surface area (Å²) in [4.78, 5) is 13.5. The Morgan fingerprint density at radius 1 is 1.27 bits per heavy atom. The maximum Gasteiger partial charge on any atom is 0.339 e. The predicted octanol–water partition coefficient (Wildman–Crippen LogP) is 3.04. The van der Waals surface area contributed by atoms with E-state index in [0.717, 1.165) is 42.8 Å². The van der Waals surface area contributed by atoms with E-state index in [-0.39, 0.29) is 29.3 Å². The zero-order valence-corrected chi connectivity index (χ0v) is 16.9. The second-order valence-electron chi connectivity index (χ2n) is 8.28. The minimum absolute atomic E-state index is 0.0204. The number of halogens is 1. The Morgan fingerprint density at radius 3 is 2.77 bits per heavy atom. The van der Waals surface area contributed by atoms with Gasteiger partial charge in [-0.15, -0.1) is 0 Å². The van der Waals surface area contributed by atoms with E-state index >= 15 is 0 Å². The molecule has 0 radical (unpaired) electrons. The number of rotatable bonds is 6. The van der Waals surface area contributed by atoms with Gasteiger partial charge in [0.1, 0.15) is 41.2 Å². The Bertz CT molecular complexity index is 939. The van der Waals surface area contributed by atoms with Gasteiger partial charge < -0.3 is 24.6 Å². The van der Waals surface area contributed by atoms with E-state index < -0.39 is 12.1 Å². The van der Waals surface area contributed by atoms with Crippen LogP contribution in [0, 0.1) is 12.7 Å². The van der Waals surface area contributed by atoms with E-state index in [2.05, 4.69) is 4.90 Å². The average molecular weight is 415 g/mol. The number of ether oxygens (including phenoxy) is 2. The summed E-state index contributed by atoms with van der Waals surface area (Å²) < 4.78 is 25.2. The fraction of sp³-hybridized carbons (Fsp3) is 0.435. The Hall–Kier alpha value is -2.64. The summed E-state index contributed by atoms with van der Waals surface area (Å²) in [6.07, 6.45) is 1.58. The molecule has 0 aromatic heterocycles. The summed E-state index contributed by atoms with van der Waals surface area (Å²) in [5.74, 6) is -0.262. The van der Waals surface area contributed by atoms with E-state index in [1.807, 2.05) is 6.92 Å². The molecular weight excluding hydrogens is 389 g/mol. The lowest BCUT2D eigenvalue weighted by atomic mass is 9.87. The predicted molar refractivity (Wildman–Crippen MR) is 109 cm³/mol. The van der Waals surface area contributed by atoms with E-state index in [0.29, 0.717) is 13.0 Å². The highest BCUT2D eigenvalue weighted by atomic mass is 19.1. The Labute approximate surface area is 174 Å². The molecule has 0 unspecified atom stereocenters. The molecule has 0 aliphatic carbocycles. The zero-order chi connectivity index (χ0) is 21.3. The van der Waals surface area contributed by atoms with Crippen LogP contribution in [-0.4, -0.2) is 59.0 Å². The van der Waals surface area contributed by atoms with Crippen molar-refractivity contribution in [3.63, 3.8) is 0 Å². The van der Waals surface area contributed by atoms with Crippen LogP contribution in [0.15, 0.2) is 36.4 Å². The number of fused-ring (bicyclic) bond motifs is 1. The molecule has 160 valence electrons. The minimum Gasteiger partial charge on any atom is -0.490 e. The van der Waals surface area contributed by atoms with Crippen LogP contribution in [0.25, 0.3) is 0 Å². The van der Waals surface area contributed by atoms with Gasteiger partial charge in [-0.05, 0) is 42.8 Å². The lowest BCUT2D eigenvalue weighted by molar-refractivity contribution is -0.00203. The molecule has 2 heterocycles. The Morgan fingerprint density at radius 2 is 2.03 bits per heavy atom. The van der Waals surface area contributed by atoms with Crippen molar-refractivity contribution in [3.05, 3.63) is 58.9 Å². The molecule has 7 heteroatoms. The summed E-state index contributed by atoms with van der Waals surface area (Å²) in [6, 6.07) is 9.56. The first-order valence-corrected chi connectivity index (χ1v) is 10.2. The van der Waals surface area contributed by atoms with Gasteiger partial charge in [0.2, 0.25) is 0 Å². The van der Waals surface area contributed by atoms with E-state index in [1.165, 1.54) is 12.1 Å². The topological polar surface area (TPSA) is 79.2 Å². The summed E-state index contributed by atoms with van der Waals surface area (Å²) >= 11 is 0. The second kappa shape index (κ2) is 8.24. The van der Waals surface area contributed by atoms with Crippen molar-refractivity contribution in [2.45, 2.75) is 37.9 Å². The molecule has 2 aliphatic rings. The quantitative estimate of drug-likeness (QED) is 0.755. The SMILES string of the molecule is Cc1ccc(C(=O)O)c(OC[C@@H](O)CN2CCC3(CC2)Cc2cc(F)ccc2O3)c1. The third-order valence-corrected chi connectivity index (χ3v) is 5.90. The number of hydrogen-bond acceptors (Lipinski definition) is 5. The van der Waals surface area contributed by atoms with E-state index in [4.69, 9.17) is 9.47 Å². The fourth-order valence-corrected chi connectivity index (χ4v) is 4.29. The number of aromatic carboxylic acids is 1. The van der Waals surface area contributed by atoms with Gasteiger partial charge in [-0.3, -0.25) is 0 Å². The molecular formula is C23H26FNO5. The molecule has 6 nitrogen and oxygen atoms in total. The van der Waals surface area contributed by atoms with Crippen LogP contribution in [0.3, 0.4) is 0 Å². The number of carboxylic acids is 1. The maximum atomic E-state index is 13.5. The van der Waals surface area contributed by atoms with Crippen LogP contribution in [0.1, 0.15) is 34.3 Å². The minimum atomic E-state index is -1.06. The number of aliphatic hydroxyl groups is 1. The van der Waals surface area contributed by atoms with Gasteiger partial charge >= 0.3 is 5.97 Å². The first-order valence-electron chi connectivity index (χ1n) is 10.2. The second-order valence-corrected chi connectivity index (χ2v) is 8.28. The average Bonchev–Trinajstić information content (AvgIpc) is 3.05. The zero-order valence-electron chi connectivity index (χ0n) is 16.9. The number of β-amino-alcohol motifs (C(OH)–C–C–N with tert-alkyl or cyclic N) is 1. The molecule has 1 saturated heterocycles. The van der Waals surface area contributed by atoms with Crippen molar-refractivity contribution in [1.29, 1.82) is 0 Å². The molecule has 2 aliphatic heterocycles. The summed E-state index contributed by atoms with van der Waals surface area (Å²) in [6.45, 7) is 3.84. The van der Waals surface area contributed by atoms with Gasteiger partial charge in [-0.1, -0.05) is 6.07 Å². The number of carbonyl (C=O) groups is 1. The van der Waals surface area contributed by atoms with Crippen molar-refractivity contribution >= 4 is 5.97 Å².